The van der Waals surface area contributed by atoms with Gasteiger partial charge in [-0.1, -0.05) is 0 Å². The van der Waals surface area contributed by atoms with Crippen molar-refractivity contribution in [1.29, 1.82) is 0 Å². The summed E-state index contributed by atoms with van der Waals surface area (Å²) < 4.78 is 0. The number of nitrogen functional groups attached to an aromatic ring is 1. The third kappa shape index (κ3) is 3.68. The third-order valence-corrected chi connectivity index (χ3v) is 2.91. The number of nitrogens with two attached hydrogens (primary N) is 1. The molecule has 0 aromatic carbocycles. The molecule has 0 aliphatic carbocycles. The third-order valence-electron chi connectivity index (χ3n) is 2.11. The Labute approximate surface area is 114 Å². The maximum atomic E-state index is 11.3. The quantitative estimate of drug-likeness (QED) is 0.566. The van der Waals surface area contributed by atoms with Gasteiger partial charge in [0.05, 0.1) is 0 Å². The molecule has 4 N–H and O–H groups in total. The van der Waals surface area contributed by atoms with Gasteiger partial charge in [-0.3, -0.25) is 4.79 Å². The first-order valence-electron chi connectivity index (χ1n) is 5.71. The summed E-state index contributed by atoms with van der Waals surface area (Å²) in [6.07, 6.45) is 0. The fourth-order valence-corrected chi connectivity index (χ4v) is 2.29. The highest BCUT2D eigenvalue weighted by atomic mass is 32.2. The molecule has 0 aliphatic heterocycles. The van der Waals surface area contributed by atoms with Crippen LogP contribution in [0.1, 0.15) is 12.6 Å². The number of aromatic nitrogens is 4. The monoisotopic (exact) mass is 278 g/mol. The molecule has 7 nitrogen and oxygen atoms in total. The van der Waals surface area contributed by atoms with Gasteiger partial charge in [-0.05, 0) is 31.7 Å². The zero-order chi connectivity index (χ0) is 13.8. The molecule has 0 saturated heterocycles. The zero-order valence-corrected chi connectivity index (χ0v) is 11.4. The molecule has 2 heterocycles. The van der Waals surface area contributed by atoms with E-state index in [1.54, 1.807) is 0 Å². The predicted molar refractivity (Wildman–Crippen MR) is 74.3 cm³/mol. The Morgan fingerprint density at radius 2 is 2.16 bits per heavy atom. The second-order valence-electron chi connectivity index (χ2n) is 3.78. The number of hydrogen-bond acceptors (Lipinski definition) is 7. The van der Waals surface area contributed by atoms with E-state index in [4.69, 9.17) is 5.73 Å². The number of nitrogens with one attached hydrogen (secondary N) is 2. The minimum Gasteiger partial charge on any atom is -0.383 e. The van der Waals surface area contributed by atoms with Crippen molar-refractivity contribution in [2.45, 2.75) is 24.0 Å². The Kier molecular flexibility index (Phi) is 4.00. The van der Waals surface area contributed by atoms with E-state index in [9.17, 15) is 4.79 Å². The molecule has 8 heteroatoms. The summed E-state index contributed by atoms with van der Waals surface area (Å²) in [7, 11) is 0. The SMILES string of the molecule is CCNc1nc(C)cc(Sc2nc(N)cc(=O)[nH]2)n1. The molecule has 0 unspecified atom stereocenters. The average Bonchev–Trinajstić information content (AvgIpc) is 2.26. The molecule has 0 aliphatic rings. The summed E-state index contributed by atoms with van der Waals surface area (Å²) in [6.45, 7) is 4.58. The van der Waals surface area contributed by atoms with Gasteiger partial charge < -0.3 is 16.0 Å². The lowest BCUT2D eigenvalue weighted by molar-refractivity contribution is 0.931. The smallest absolute Gasteiger partial charge is 0.253 e. The second kappa shape index (κ2) is 5.70. The Morgan fingerprint density at radius 3 is 2.84 bits per heavy atom. The molecular formula is C11H14N6OS. The Morgan fingerprint density at radius 1 is 1.37 bits per heavy atom. The standard InChI is InChI=1S/C11H14N6OS/c1-3-13-10-14-6(2)4-9(17-10)19-11-15-7(12)5-8(18)16-11/h4-5H,3H2,1-2H3,(H,13,14,17)(H3,12,15,16,18). The van der Waals surface area contributed by atoms with Crippen molar-refractivity contribution in [3.05, 3.63) is 28.2 Å². The van der Waals surface area contributed by atoms with Gasteiger partial charge in [0.2, 0.25) is 5.95 Å². The maximum absolute atomic E-state index is 11.3. The van der Waals surface area contributed by atoms with Gasteiger partial charge in [0.25, 0.3) is 5.56 Å². The Balaban J connectivity index is 2.29. The van der Waals surface area contributed by atoms with E-state index in [0.29, 0.717) is 16.1 Å². The number of nitrogens with zero attached hydrogens (tertiary/aromatic N) is 3. The summed E-state index contributed by atoms with van der Waals surface area (Å²) in [5, 5.41) is 4.14. The van der Waals surface area contributed by atoms with E-state index in [-0.39, 0.29) is 11.4 Å². The summed E-state index contributed by atoms with van der Waals surface area (Å²) >= 11 is 1.23. The second-order valence-corrected chi connectivity index (χ2v) is 4.79. The van der Waals surface area contributed by atoms with Crippen molar-refractivity contribution >= 4 is 23.5 Å². The van der Waals surface area contributed by atoms with Crippen LogP contribution in [0.4, 0.5) is 11.8 Å². The van der Waals surface area contributed by atoms with Gasteiger partial charge in [-0.25, -0.2) is 15.0 Å². The lowest BCUT2D eigenvalue weighted by atomic mass is 10.5. The first-order valence-corrected chi connectivity index (χ1v) is 6.52. The molecule has 0 radical (unpaired) electrons. The minimum atomic E-state index is -0.285. The highest BCUT2D eigenvalue weighted by molar-refractivity contribution is 7.99. The van der Waals surface area contributed by atoms with Crippen LogP contribution in [0.2, 0.25) is 0 Å². The average molecular weight is 278 g/mol. The maximum Gasteiger partial charge on any atom is 0.253 e. The number of H-pyrrole nitrogens is 1. The summed E-state index contributed by atoms with van der Waals surface area (Å²) in [6, 6.07) is 3.05. The molecule has 100 valence electrons. The van der Waals surface area contributed by atoms with Crippen molar-refractivity contribution in [1.82, 2.24) is 19.9 Å². The molecule has 2 aromatic rings. The molecular weight excluding hydrogens is 264 g/mol. The van der Waals surface area contributed by atoms with Crippen molar-refractivity contribution in [3.63, 3.8) is 0 Å². The van der Waals surface area contributed by atoms with Crippen LogP contribution in [0.25, 0.3) is 0 Å². The van der Waals surface area contributed by atoms with Crippen LogP contribution < -0.4 is 16.6 Å². The van der Waals surface area contributed by atoms with E-state index >= 15 is 0 Å². The molecule has 0 saturated carbocycles. The van der Waals surface area contributed by atoms with E-state index < -0.39 is 0 Å². The van der Waals surface area contributed by atoms with Gasteiger partial charge in [-0.15, -0.1) is 0 Å². The highest BCUT2D eigenvalue weighted by Crippen LogP contribution is 2.23. The van der Waals surface area contributed by atoms with Crippen LogP contribution in [0.3, 0.4) is 0 Å². The lowest BCUT2D eigenvalue weighted by Gasteiger charge is -2.06. The van der Waals surface area contributed by atoms with Crippen molar-refractivity contribution in [3.8, 4) is 0 Å². The van der Waals surface area contributed by atoms with Crippen molar-refractivity contribution in [2.75, 3.05) is 17.6 Å². The molecule has 2 aromatic heterocycles. The number of aromatic amines is 1. The van der Waals surface area contributed by atoms with Crippen LogP contribution in [0, 0.1) is 6.92 Å². The van der Waals surface area contributed by atoms with Gasteiger partial charge in [0.15, 0.2) is 5.16 Å². The Bertz CT molecular complexity index is 641. The van der Waals surface area contributed by atoms with Crippen LogP contribution >= 0.6 is 11.8 Å². The molecule has 2 rings (SSSR count). The first kappa shape index (κ1) is 13.3. The summed E-state index contributed by atoms with van der Waals surface area (Å²) in [5.74, 6) is 0.736. The summed E-state index contributed by atoms with van der Waals surface area (Å²) in [4.78, 5) is 26.5. The molecule has 0 bridgehead atoms. The minimum absolute atomic E-state index is 0.184. The van der Waals surface area contributed by atoms with Crippen molar-refractivity contribution in [2.24, 2.45) is 0 Å². The molecule has 0 amide bonds. The zero-order valence-electron chi connectivity index (χ0n) is 10.6. The normalized spacial score (nSPS) is 10.4. The van der Waals surface area contributed by atoms with E-state index in [2.05, 4.69) is 25.3 Å². The van der Waals surface area contributed by atoms with Crippen LogP contribution in [0.15, 0.2) is 27.1 Å². The van der Waals surface area contributed by atoms with Crippen molar-refractivity contribution < 1.29 is 0 Å². The van der Waals surface area contributed by atoms with Crippen LogP contribution in [-0.2, 0) is 0 Å². The van der Waals surface area contributed by atoms with Gasteiger partial charge >= 0.3 is 0 Å². The number of hydrogen-bond donors (Lipinski definition) is 3. The summed E-state index contributed by atoms with van der Waals surface area (Å²) in [5.41, 5.74) is 6.08. The fourth-order valence-electron chi connectivity index (χ4n) is 1.43. The topological polar surface area (TPSA) is 110 Å². The van der Waals surface area contributed by atoms with Gasteiger partial charge in [-0.2, -0.15) is 0 Å². The van der Waals surface area contributed by atoms with Gasteiger partial charge in [0, 0.05) is 18.3 Å². The fraction of sp³-hybridized carbons (Fsp3) is 0.273. The number of anilines is 2. The predicted octanol–water partition coefficient (Wildman–Crippen LogP) is 1.03. The lowest BCUT2D eigenvalue weighted by Crippen LogP contribution is -2.09. The number of rotatable bonds is 4. The largest absolute Gasteiger partial charge is 0.383 e. The van der Waals surface area contributed by atoms with E-state index in [1.165, 1.54) is 17.8 Å². The molecule has 0 spiro atoms. The van der Waals surface area contributed by atoms with E-state index in [1.807, 2.05) is 19.9 Å². The Hall–Kier alpha value is -2.09. The molecule has 0 fully saturated rings. The molecule has 0 atom stereocenters. The van der Waals surface area contributed by atoms with Crippen LogP contribution in [-0.4, -0.2) is 26.5 Å². The first-order chi connectivity index (χ1) is 9.06. The highest BCUT2D eigenvalue weighted by Gasteiger charge is 2.06. The van der Waals surface area contributed by atoms with Gasteiger partial charge in [0.1, 0.15) is 10.8 Å². The van der Waals surface area contributed by atoms with Crippen LogP contribution in [0.5, 0.6) is 0 Å². The number of aryl methyl sites for hydroxylation is 1. The van der Waals surface area contributed by atoms with E-state index in [0.717, 1.165) is 12.2 Å². The molecule has 19 heavy (non-hydrogen) atoms.